The Hall–Kier alpha value is -2.22. The molecule has 0 unspecified atom stereocenters. The van der Waals surface area contributed by atoms with Gasteiger partial charge in [0.25, 0.3) is 0 Å². The van der Waals surface area contributed by atoms with Gasteiger partial charge in [-0.05, 0) is 26.8 Å². The number of carbonyl (C=O) groups is 2. The molecule has 1 aromatic carbocycles. The van der Waals surface area contributed by atoms with Crippen molar-refractivity contribution >= 4 is 23.4 Å². The van der Waals surface area contributed by atoms with E-state index in [9.17, 15) is 18.4 Å². The van der Waals surface area contributed by atoms with Crippen LogP contribution < -0.4 is 16.4 Å². The van der Waals surface area contributed by atoms with Gasteiger partial charge in [0.1, 0.15) is 17.8 Å². The predicted molar refractivity (Wildman–Crippen MR) is 71.6 cm³/mol. The van der Waals surface area contributed by atoms with Gasteiger partial charge in [0, 0.05) is 6.07 Å². The number of anilines is 1. The molecule has 6 nitrogen and oxygen atoms in total. The predicted octanol–water partition coefficient (Wildman–Crippen LogP) is 0.793. The molecule has 5 N–H and O–H groups in total. The van der Waals surface area contributed by atoms with Crippen molar-refractivity contribution in [2.24, 2.45) is 0 Å². The lowest BCUT2D eigenvalue weighted by Crippen LogP contribution is -2.84. The van der Waals surface area contributed by atoms with Crippen LogP contribution in [0.15, 0.2) is 12.1 Å². The number of quaternary nitrogens is 1. The van der Waals surface area contributed by atoms with E-state index in [1.807, 2.05) is 0 Å². The monoisotopic (exact) mass is 302 g/mol. The third-order valence-electron chi connectivity index (χ3n) is 2.29. The molecular formula is C13H18F2N3O3+. The standard InChI is InChI=1S/C13H17F2N3O3/c1-13(2,3)21-12(20)17-6-9(19)18-8-5-4-7(14)10(15)11(8)16/h4-5H,6,16H2,1-3H3,(H,17,20)(H,18,19)/p+1. The number of nitrogen functional groups attached to an aromatic ring is 1. The fourth-order valence-corrected chi connectivity index (χ4v) is 1.41. The van der Waals surface area contributed by atoms with Gasteiger partial charge in [0.15, 0.2) is 17.3 Å². The van der Waals surface area contributed by atoms with Gasteiger partial charge >= 0.3 is 12.0 Å². The molecule has 0 aliphatic rings. The lowest BCUT2D eigenvalue weighted by Gasteiger charge is -2.19. The summed E-state index contributed by atoms with van der Waals surface area (Å²) >= 11 is 0. The fourth-order valence-electron chi connectivity index (χ4n) is 1.41. The van der Waals surface area contributed by atoms with Crippen molar-refractivity contribution in [3.8, 4) is 0 Å². The number of nitrogens with two attached hydrogens (primary N) is 2. The van der Waals surface area contributed by atoms with Crippen LogP contribution in [0.5, 0.6) is 0 Å². The second-order valence-corrected chi connectivity index (χ2v) is 5.33. The van der Waals surface area contributed by atoms with Gasteiger partial charge in [0.2, 0.25) is 0 Å². The van der Waals surface area contributed by atoms with E-state index >= 15 is 0 Å². The van der Waals surface area contributed by atoms with Crippen molar-refractivity contribution in [1.82, 2.24) is 5.32 Å². The van der Waals surface area contributed by atoms with Gasteiger partial charge < -0.3 is 15.8 Å². The van der Waals surface area contributed by atoms with Crippen molar-refractivity contribution in [2.75, 3.05) is 12.3 Å². The number of primary amides is 1. The van der Waals surface area contributed by atoms with E-state index in [2.05, 4.69) is 5.32 Å². The summed E-state index contributed by atoms with van der Waals surface area (Å²) in [6.45, 7) is 4.71. The van der Waals surface area contributed by atoms with Crippen LogP contribution in [0.25, 0.3) is 0 Å². The molecule has 2 amide bonds. The van der Waals surface area contributed by atoms with Crippen molar-refractivity contribution in [3.63, 3.8) is 0 Å². The van der Waals surface area contributed by atoms with E-state index in [4.69, 9.17) is 10.5 Å². The summed E-state index contributed by atoms with van der Waals surface area (Å²) in [5, 5.41) is 3.28. The molecule has 0 saturated heterocycles. The summed E-state index contributed by atoms with van der Waals surface area (Å²) in [7, 11) is 0. The average molecular weight is 302 g/mol. The summed E-state index contributed by atoms with van der Waals surface area (Å²) in [5.74, 6) is -2.83. The Morgan fingerprint density at radius 1 is 1.33 bits per heavy atom. The van der Waals surface area contributed by atoms with E-state index in [1.165, 1.54) is 6.07 Å². The summed E-state index contributed by atoms with van der Waals surface area (Å²) in [6.07, 6.45) is -0.748. The van der Waals surface area contributed by atoms with Crippen LogP contribution in [0.2, 0.25) is 0 Å². The Morgan fingerprint density at radius 3 is 2.52 bits per heavy atom. The second-order valence-electron chi connectivity index (χ2n) is 5.33. The minimum atomic E-state index is -1.21. The molecule has 0 atom stereocenters. The van der Waals surface area contributed by atoms with Crippen LogP contribution in [0.1, 0.15) is 20.8 Å². The first-order chi connectivity index (χ1) is 9.60. The van der Waals surface area contributed by atoms with Crippen LogP contribution in [-0.2, 0) is 9.53 Å². The average Bonchev–Trinajstić information content (AvgIpc) is 2.35. The highest BCUT2D eigenvalue weighted by Gasteiger charge is 2.19. The molecule has 0 aliphatic carbocycles. The van der Waals surface area contributed by atoms with Gasteiger partial charge in [0.05, 0.1) is 0 Å². The zero-order valence-electron chi connectivity index (χ0n) is 12.0. The van der Waals surface area contributed by atoms with Crippen molar-refractivity contribution in [2.45, 2.75) is 26.4 Å². The number of carbonyl (C=O) groups excluding carboxylic acids is 2. The maximum atomic E-state index is 13.2. The first kappa shape index (κ1) is 16.8. The minimum Gasteiger partial charge on any atom is -0.444 e. The number of hydrogen-bond donors (Lipinski definition) is 3. The first-order valence-electron chi connectivity index (χ1n) is 6.18. The normalized spacial score (nSPS) is 11.1. The first-order valence-corrected chi connectivity index (χ1v) is 6.18. The molecule has 1 rings (SSSR count). The number of nitrogens with one attached hydrogen (secondary N) is 1. The summed E-state index contributed by atoms with van der Waals surface area (Å²) in [5.41, 5.74) is 4.27. The molecular weight excluding hydrogens is 284 g/mol. The maximum Gasteiger partial charge on any atom is 0.408 e. The van der Waals surface area contributed by atoms with Crippen LogP contribution in [-0.4, -0.2) is 24.1 Å². The molecule has 8 heteroatoms. The quantitative estimate of drug-likeness (QED) is 0.719. The Balaban J connectivity index is 2.55. The number of rotatable bonds is 3. The molecule has 0 spiro atoms. The number of benzene rings is 1. The molecule has 1 aromatic rings. The Morgan fingerprint density at radius 2 is 1.95 bits per heavy atom. The second kappa shape index (κ2) is 6.49. The summed E-state index contributed by atoms with van der Waals surface area (Å²) < 4.78 is 31.0. The number of halogens is 2. The van der Waals surface area contributed by atoms with E-state index in [0.29, 0.717) is 0 Å². The molecule has 0 aromatic heterocycles. The van der Waals surface area contributed by atoms with Crippen molar-refractivity contribution in [3.05, 3.63) is 23.8 Å². The van der Waals surface area contributed by atoms with Gasteiger partial charge in [-0.1, -0.05) is 0 Å². The highest BCUT2D eigenvalue weighted by Crippen LogP contribution is 2.19. The molecule has 0 heterocycles. The molecule has 0 radical (unpaired) electrons. The Labute approximate surface area is 120 Å². The van der Waals surface area contributed by atoms with Gasteiger partial charge in [-0.2, -0.15) is 0 Å². The number of alkyl carbamates (subject to hydrolysis) is 1. The molecule has 0 bridgehead atoms. The third kappa shape index (κ3) is 5.35. The summed E-state index contributed by atoms with van der Waals surface area (Å²) in [4.78, 5) is 23.0. The molecule has 0 aliphatic heterocycles. The smallest absolute Gasteiger partial charge is 0.408 e. The molecule has 116 valence electrons. The number of amides is 2. The van der Waals surface area contributed by atoms with Gasteiger partial charge in [-0.3, -0.25) is 0 Å². The SMILES string of the molecule is CC(C)(C)OC(=O)NCC(=O)[NH2+]c1ccc(F)c(F)c1N. The molecule has 0 fully saturated rings. The van der Waals surface area contributed by atoms with E-state index < -0.39 is 34.9 Å². The van der Waals surface area contributed by atoms with E-state index in [-0.39, 0.29) is 12.2 Å². The third-order valence-corrected chi connectivity index (χ3v) is 2.29. The topological polar surface area (TPSA) is 98.0 Å². The fraction of sp³-hybridized carbons (Fsp3) is 0.385. The number of ether oxygens (including phenoxy) is 1. The molecule has 0 saturated carbocycles. The van der Waals surface area contributed by atoms with Gasteiger partial charge in [-0.15, -0.1) is 0 Å². The van der Waals surface area contributed by atoms with Crippen LogP contribution >= 0.6 is 0 Å². The molecule has 21 heavy (non-hydrogen) atoms. The Kier molecular flexibility index (Phi) is 5.20. The highest BCUT2D eigenvalue weighted by molar-refractivity contribution is 5.78. The lowest BCUT2D eigenvalue weighted by molar-refractivity contribution is -0.481. The number of hydrogen-bond acceptors (Lipinski definition) is 4. The zero-order chi connectivity index (χ0) is 16.2. The van der Waals surface area contributed by atoms with Crippen LogP contribution in [0, 0.1) is 11.6 Å². The lowest BCUT2D eigenvalue weighted by atomic mass is 10.2. The highest BCUT2D eigenvalue weighted by atomic mass is 19.2. The van der Waals surface area contributed by atoms with Crippen LogP contribution in [0.3, 0.4) is 0 Å². The van der Waals surface area contributed by atoms with E-state index in [1.54, 1.807) is 20.8 Å². The zero-order valence-corrected chi connectivity index (χ0v) is 12.0. The summed E-state index contributed by atoms with van der Waals surface area (Å²) in [6, 6.07) is 2.05. The van der Waals surface area contributed by atoms with Crippen molar-refractivity contribution in [1.29, 1.82) is 0 Å². The van der Waals surface area contributed by atoms with Crippen LogP contribution in [0.4, 0.5) is 25.0 Å². The Bertz CT molecular complexity index is 556. The van der Waals surface area contributed by atoms with Gasteiger partial charge in [-0.25, -0.2) is 23.7 Å². The minimum absolute atomic E-state index is 0.0462. The maximum absolute atomic E-state index is 13.2. The van der Waals surface area contributed by atoms with E-state index in [0.717, 1.165) is 11.4 Å². The van der Waals surface area contributed by atoms with Crippen molar-refractivity contribution < 1.29 is 28.4 Å². The largest absolute Gasteiger partial charge is 0.444 e.